The maximum Gasteiger partial charge on any atom is 0.490 e. The summed E-state index contributed by atoms with van der Waals surface area (Å²) in [5, 5.41) is 7.12. The minimum atomic E-state index is -5.08. The number of piperidine rings is 1. The van der Waals surface area contributed by atoms with E-state index in [-0.39, 0.29) is 17.9 Å². The van der Waals surface area contributed by atoms with Crippen LogP contribution in [-0.2, 0) is 22.3 Å². The highest BCUT2D eigenvalue weighted by Gasteiger charge is 2.38. The number of likely N-dealkylation sites (tertiary alicyclic amines) is 1. The third-order valence-electron chi connectivity index (χ3n) is 5.23. The number of halogens is 6. The molecule has 0 saturated carbocycles. The Bertz CT molecular complexity index is 887. The molecule has 1 aliphatic rings. The van der Waals surface area contributed by atoms with Crippen LogP contribution in [0.3, 0.4) is 0 Å². The van der Waals surface area contributed by atoms with Crippen molar-refractivity contribution in [1.29, 1.82) is 0 Å². The number of benzene rings is 1. The van der Waals surface area contributed by atoms with Crippen LogP contribution in [0, 0.1) is 0 Å². The van der Waals surface area contributed by atoms with Gasteiger partial charge in [0, 0.05) is 32.5 Å². The highest BCUT2D eigenvalue weighted by Crippen LogP contribution is 2.34. The largest absolute Gasteiger partial charge is 0.490 e. The number of amides is 1. The quantitative estimate of drug-likeness (QED) is 0.446. The second-order valence-corrected chi connectivity index (χ2v) is 9.41. The third-order valence-corrected chi connectivity index (χ3v) is 5.23. The number of nitrogens with zero attached hydrogens (tertiary/aromatic N) is 2. The van der Waals surface area contributed by atoms with Gasteiger partial charge in [0.15, 0.2) is 0 Å². The van der Waals surface area contributed by atoms with Crippen LogP contribution in [0.1, 0.15) is 58.6 Å². The summed E-state index contributed by atoms with van der Waals surface area (Å²) < 4.78 is 83.2. The molecular formula is C24H34F6N2O5. The summed E-state index contributed by atoms with van der Waals surface area (Å²) >= 11 is 0. The van der Waals surface area contributed by atoms with Crippen molar-refractivity contribution in [2.75, 3.05) is 26.2 Å². The molecule has 1 amide bonds. The van der Waals surface area contributed by atoms with Gasteiger partial charge in [-0.2, -0.15) is 26.3 Å². The lowest BCUT2D eigenvalue weighted by molar-refractivity contribution is -0.192. The first-order valence-electron chi connectivity index (χ1n) is 11.7. The highest BCUT2D eigenvalue weighted by atomic mass is 19.4. The van der Waals surface area contributed by atoms with Gasteiger partial charge in [0.25, 0.3) is 0 Å². The Kier molecular flexibility index (Phi) is 11.5. The molecule has 7 nitrogen and oxygen atoms in total. The summed E-state index contributed by atoms with van der Waals surface area (Å²) in [6.45, 7) is 12.2. The van der Waals surface area contributed by atoms with E-state index in [9.17, 15) is 31.1 Å². The lowest BCUT2D eigenvalue weighted by Crippen LogP contribution is -2.44. The molecule has 1 aliphatic heterocycles. The molecular weight excluding hydrogens is 510 g/mol. The Hall–Kier alpha value is -2.70. The second-order valence-electron chi connectivity index (χ2n) is 9.41. The van der Waals surface area contributed by atoms with Gasteiger partial charge in [-0.3, -0.25) is 4.90 Å². The number of carboxylic acid groups (broad SMARTS) is 1. The van der Waals surface area contributed by atoms with Crippen molar-refractivity contribution < 1.29 is 50.5 Å². The van der Waals surface area contributed by atoms with E-state index in [1.54, 1.807) is 11.0 Å². The van der Waals surface area contributed by atoms with Gasteiger partial charge < -0.3 is 19.5 Å². The van der Waals surface area contributed by atoms with Crippen LogP contribution in [0.4, 0.5) is 31.1 Å². The summed E-state index contributed by atoms with van der Waals surface area (Å²) in [7, 11) is 0. The van der Waals surface area contributed by atoms with Crippen LogP contribution < -0.4 is 4.74 Å². The molecule has 1 heterocycles. The van der Waals surface area contributed by atoms with Gasteiger partial charge in [-0.1, -0.05) is 13.8 Å². The van der Waals surface area contributed by atoms with Gasteiger partial charge in [-0.15, -0.1) is 0 Å². The molecule has 37 heavy (non-hydrogen) atoms. The monoisotopic (exact) mass is 544 g/mol. The van der Waals surface area contributed by atoms with E-state index in [1.807, 2.05) is 34.6 Å². The first-order valence-corrected chi connectivity index (χ1v) is 11.7. The number of carboxylic acids is 1. The van der Waals surface area contributed by atoms with Crippen molar-refractivity contribution in [2.24, 2.45) is 0 Å². The van der Waals surface area contributed by atoms with Crippen molar-refractivity contribution in [3.63, 3.8) is 0 Å². The average molecular weight is 545 g/mol. The first kappa shape index (κ1) is 32.3. The van der Waals surface area contributed by atoms with Crippen LogP contribution in [-0.4, -0.2) is 71.0 Å². The number of carbonyl (C=O) groups excluding carboxylic acids is 1. The first-order chi connectivity index (χ1) is 16.9. The number of alkyl halides is 6. The Morgan fingerprint density at radius 1 is 1.00 bits per heavy atom. The number of ether oxygens (including phenoxy) is 2. The van der Waals surface area contributed by atoms with Crippen molar-refractivity contribution in [3.05, 3.63) is 29.3 Å². The molecule has 1 fully saturated rings. The molecule has 1 aromatic carbocycles. The lowest BCUT2D eigenvalue weighted by Gasteiger charge is -2.33. The van der Waals surface area contributed by atoms with Crippen molar-refractivity contribution in [2.45, 2.75) is 78.1 Å². The molecule has 0 aromatic heterocycles. The lowest BCUT2D eigenvalue weighted by atomic mass is 10.1. The fourth-order valence-electron chi connectivity index (χ4n) is 3.36. The van der Waals surface area contributed by atoms with Crippen LogP contribution in [0.5, 0.6) is 5.75 Å². The Labute approximate surface area is 212 Å². The molecule has 0 unspecified atom stereocenters. The summed E-state index contributed by atoms with van der Waals surface area (Å²) in [6, 6.07) is 3.94. The number of aliphatic carboxylic acids is 1. The summed E-state index contributed by atoms with van der Waals surface area (Å²) in [6.07, 6.45) is -9.05. The van der Waals surface area contributed by atoms with Crippen molar-refractivity contribution >= 4 is 12.1 Å². The fourth-order valence-corrected chi connectivity index (χ4v) is 3.36. The van der Waals surface area contributed by atoms with Gasteiger partial charge in [0.2, 0.25) is 0 Å². The van der Waals surface area contributed by atoms with E-state index in [1.165, 1.54) is 6.07 Å². The fraction of sp³-hybridized carbons (Fsp3) is 0.667. The van der Waals surface area contributed by atoms with Gasteiger partial charge in [-0.05, 0) is 57.6 Å². The van der Waals surface area contributed by atoms with Crippen molar-refractivity contribution in [3.8, 4) is 5.75 Å². The van der Waals surface area contributed by atoms with Gasteiger partial charge in [0.05, 0.1) is 5.56 Å². The smallest absolute Gasteiger partial charge is 0.490 e. The van der Waals surface area contributed by atoms with E-state index in [4.69, 9.17) is 19.4 Å². The summed E-state index contributed by atoms with van der Waals surface area (Å²) in [5.41, 5.74) is -0.688. The minimum Gasteiger partial charge on any atom is -0.490 e. The molecule has 1 saturated heterocycles. The Balaban J connectivity index is 0.000000856. The maximum absolute atomic E-state index is 13.4. The molecule has 212 valence electrons. The highest BCUT2D eigenvalue weighted by molar-refractivity contribution is 5.73. The number of carbonyl (C=O) groups is 2. The van der Waals surface area contributed by atoms with Crippen LogP contribution >= 0.6 is 0 Å². The van der Waals surface area contributed by atoms with Crippen molar-refractivity contribution in [1.82, 2.24) is 9.80 Å². The third kappa shape index (κ3) is 11.9. The Morgan fingerprint density at radius 3 is 1.92 bits per heavy atom. The van der Waals surface area contributed by atoms with Crippen LogP contribution in [0.25, 0.3) is 0 Å². The van der Waals surface area contributed by atoms with E-state index in [0.29, 0.717) is 38.0 Å². The molecule has 0 radical (unpaired) electrons. The van der Waals surface area contributed by atoms with E-state index in [2.05, 4.69) is 4.90 Å². The average Bonchev–Trinajstić information content (AvgIpc) is 2.76. The maximum atomic E-state index is 13.4. The number of rotatable bonds is 6. The molecule has 0 aliphatic carbocycles. The molecule has 0 atom stereocenters. The van der Waals surface area contributed by atoms with Crippen LogP contribution in [0.2, 0.25) is 0 Å². The van der Waals surface area contributed by atoms with E-state index < -0.39 is 29.5 Å². The van der Waals surface area contributed by atoms with Crippen LogP contribution in [0.15, 0.2) is 18.2 Å². The summed E-state index contributed by atoms with van der Waals surface area (Å²) in [5.74, 6) is -2.53. The number of hydrogen-bond acceptors (Lipinski definition) is 5. The molecule has 13 heteroatoms. The molecule has 0 spiro atoms. The molecule has 0 bridgehead atoms. The molecule has 2 rings (SSSR count). The summed E-state index contributed by atoms with van der Waals surface area (Å²) in [4.78, 5) is 24.7. The van der Waals surface area contributed by atoms with E-state index >= 15 is 0 Å². The zero-order valence-electron chi connectivity index (χ0n) is 21.5. The number of hydrogen-bond donors (Lipinski definition) is 1. The molecule has 1 aromatic rings. The Morgan fingerprint density at radius 2 is 1.51 bits per heavy atom. The topological polar surface area (TPSA) is 79.3 Å². The van der Waals surface area contributed by atoms with Gasteiger partial charge in [0.1, 0.15) is 17.5 Å². The van der Waals surface area contributed by atoms with E-state index in [0.717, 1.165) is 19.2 Å². The molecule has 1 N–H and O–H groups in total. The zero-order valence-corrected chi connectivity index (χ0v) is 21.5. The zero-order chi connectivity index (χ0) is 28.6. The normalized spacial score (nSPS) is 15.2. The SMILES string of the molecule is CCN(CC)Cc1cc(OC2CCN(C(=O)OC(C)(C)C)CC2)cc(C(F)(F)F)c1.O=C(O)C(F)(F)F. The van der Waals surface area contributed by atoms with Gasteiger partial charge in [-0.25, -0.2) is 9.59 Å². The second kappa shape index (κ2) is 13.2. The predicted octanol–water partition coefficient (Wildman–Crippen LogP) is 5.96. The van der Waals surface area contributed by atoms with Gasteiger partial charge >= 0.3 is 24.4 Å². The minimum absolute atomic E-state index is 0.225. The standard InChI is InChI=1S/C22H33F3N2O3.C2HF3O2/c1-6-26(7-2)15-16-12-17(22(23,24)25)14-19(13-16)29-18-8-10-27(11-9-18)20(28)30-21(3,4)5;3-2(4,5)1(6)7/h12-14,18H,6-11,15H2,1-5H3;(H,6,7). The predicted molar refractivity (Wildman–Crippen MR) is 123 cm³/mol.